The number of para-hydroxylation sites is 1. The minimum Gasteiger partial charge on any atom is -0.322 e. The van der Waals surface area contributed by atoms with Crippen molar-refractivity contribution in [2.24, 2.45) is 0 Å². The van der Waals surface area contributed by atoms with Crippen LogP contribution in [0.4, 0.5) is 0 Å². The van der Waals surface area contributed by atoms with Crippen LogP contribution >= 0.6 is 0 Å². The van der Waals surface area contributed by atoms with Gasteiger partial charge in [-0.3, -0.25) is 9.78 Å². The fraction of sp³-hybridized carbons (Fsp3) is 0. The summed E-state index contributed by atoms with van der Waals surface area (Å²) in [5.41, 5.74) is 0.837. The summed E-state index contributed by atoms with van der Waals surface area (Å²) in [4.78, 5) is 17.6. The molecule has 0 unspecified atom stereocenters. The highest BCUT2D eigenvalue weighted by atomic mass is 16.1. The molecule has 0 fully saturated rings. The first kappa shape index (κ1) is 13.1. The van der Waals surface area contributed by atoms with Crippen molar-refractivity contribution in [3.63, 3.8) is 0 Å². The van der Waals surface area contributed by atoms with Gasteiger partial charge in [0.25, 0.3) is 0 Å². The van der Waals surface area contributed by atoms with Crippen LogP contribution in [0.5, 0.6) is 0 Å². The molecule has 1 N–H and O–H groups in total. The number of hydrogen-bond donors (Lipinski definition) is 1. The number of nitrogens with one attached hydrogen (secondary N) is 1. The predicted molar refractivity (Wildman–Crippen MR) is 86.3 cm³/mol. The average molecular weight is 274 g/mol. The smallest absolute Gasteiger partial charge is 0.248 e. The van der Waals surface area contributed by atoms with Crippen LogP contribution in [-0.4, -0.2) is 9.97 Å². The third kappa shape index (κ3) is 3.15. The lowest BCUT2D eigenvalue weighted by Crippen LogP contribution is -2.01. The average Bonchev–Trinajstić information content (AvgIpc) is 2.55. The number of fused-ring (bicyclic) bond motifs is 2. The Morgan fingerprint density at radius 3 is 2.24 bits per heavy atom. The van der Waals surface area contributed by atoms with E-state index in [1.807, 2.05) is 60.9 Å². The maximum atomic E-state index is 10.8. The van der Waals surface area contributed by atoms with Crippen LogP contribution in [0, 0.1) is 0 Å². The molecule has 2 heterocycles. The normalized spacial score (nSPS) is 10.1. The third-order valence-electron chi connectivity index (χ3n) is 3.18. The van der Waals surface area contributed by atoms with Crippen LogP contribution < -0.4 is 5.56 Å². The SMILES string of the molecule is O=c1ccc2ccccc2[nH]1.c1ccc2cnccc2c1. The summed E-state index contributed by atoms with van der Waals surface area (Å²) in [5, 5.41) is 3.51. The molecule has 0 saturated heterocycles. The van der Waals surface area contributed by atoms with Crippen molar-refractivity contribution in [2.45, 2.75) is 0 Å². The zero-order chi connectivity index (χ0) is 14.5. The van der Waals surface area contributed by atoms with Gasteiger partial charge in [-0.15, -0.1) is 0 Å². The molecule has 2 aromatic carbocycles. The van der Waals surface area contributed by atoms with Crippen molar-refractivity contribution in [2.75, 3.05) is 0 Å². The van der Waals surface area contributed by atoms with Crippen molar-refractivity contribution in [1.82, 2.24) is 9.97 Å². The number of pyridine rings is 2. The number of H-pyrrole nitrogens is 1. The zero-order valence-electron chi connectivity index (χ0n) is 11.4. The van der Waals surface area contributed by atoms with E-state index in [2.05, 4.69) is 22.1 Å². The molecule has 0 atom stereocenters. The van der Waals surface area contributed by atoms with E-state index in [1.54, 1.807) is 0 Å². The molecule has 21 heavy (non-hydrogen) atoms. The summed E-state index contributed by atoms with van der Waals surface area (Å²) in [6, 6.07) is 21.2. The topological polar surface area (TPSA) is 45.8 Å². The van der Waals surface area contributed by atoms with Crippen molar-refractivity contribution < 1.29 is 0 Å². The Balaban J connectivity index is 0.000000126. The number of aromatic amines is 1. The number of hydrogen-bond acceptors (Lipinski definition) is 2. The minimum absolute atomic E-state index is 0.0521. The maximum absolute atomic E-state index is 10.8. The van der Waals surface area contributed by atoms with Crippen molar-refractivity contribution in [1.29, 1.82) is 0 Å². The van der Waals surface area contributed by atoms with Gasteiger partial charge in [0.05, 0.1) is 0 Å². The number of nitrogens with zero attached hydrogens (tertiary/aromatic N) is 1. The van der Waals surface area contributed by atoms with Crippen LogP contribution in [0.25, 0.3) is 21.7 Å². The van der Waals surface area contributed by atoms with E-state index < -0.39 is 0 Å². The largest absolute Gasteiger partial charge is 0.322 e. The minimum atomic E-state index is -0.0521. The molecular weight excluding hydrogens is 260 g/mol. The van der Waals surface area contributed by atoms with Gasteiger partial charge in [-0.2, -0.15) is 0 Å². The van der Waals surface area contributed by atoms with Crippen LogP contribution in [0.2, 0.25) is 0 Å². The molecule has 102 valence electrons. The second kappa shape index (κ2) is 6.01. The Kier molecular flexibility index (Phi) is 3.74. The van der Waals surface area contributed by atoms with Gasteiger partial charge in [-0.05, 0) is 34.4 Å². The molecule has 2 aromatic heterocycles. The van der Waals surface area contributed by atoms with Gasteiger partial charge < -0.3 is 4.98 Å². The molecule has 0 aliphatic carbocycles. The molecule has 0 saturated carbocycles. The van der Waals surface area contributed by atoms with Gasteiger partial charge >= 0.3 is 0 Å². The molecular formula is C18H14N2O. The molecule has 0 radical (unpaired) electrons. The Bertz CT molecular complexity index is 863. The summed E-state index contributed by atoms with van der Waals surface area (Å²) in [7, 11) is 0. The molecule has 4 aromatic rings. The summed E-state index contributed by atoms with van der Waals surface area (Å²) in [6.45, 7) is 0. The van der Waals surface area contributed by atoms with Gasteiger partial charge in [0.2, 0.25) is 5.56 Å². The van der Waals surface area contributed by atoms with Gasteiger partial charge in [-0.25, -0.2) is 0 Å². The fourth-order valence-corrected chi connectivity index (χ4v) is 2.12. The van der Waals surface area contributed by atoms with Gasteiger partial charge in [-0.1, -0.05) is 42.5 Å². The Morgan fingerprint density at radius 1 is 0.714 bits per heavy atom. The first-order valence-corrected chi connectivity index (χ1v) is 6.70. The standard InChI is InChI=1S/C9H7NO.C9H7N/c11-9-6-5-7-3-1-2-4-8(7)10-9;1-2-4-9-7-10-6-5-8(9)3-1/h1-6H,(H,10,11);1-7H. The fourth-order valence-electron chi connectivity index (χ4n) is 2.12. The summed E-state index contributed by atoms with van der Waals surface area (Å²) in [6.07, 6.45) is 3.68. The summed E-state index contributed by atoms with van der Waals surface area (Å²) in [5.74, 6) is 0. The quantitative estimate of drug-likeness (QED) is 0.530. The molecule has 0 amide bonds. The maximum Gasteiger partial charge on any atom is 0.248 e. The predicted octanol–water partition coefficient (Wildman–Crippen LogP) is 3.76. The summed E-state index contributed by atoms with van der Waals surface area (Å²) >= 11 is 0. The monoisotopic (exact) mass is 274 g/mol. The van der Waals surface area contributed by atoms with Crippen LogP contribution in [0.1, 0.15) is 0 Å². The van der Waals surface area contributed by atoms with E-state index in [0.29, 0.717) is 0 Å². The highest BCUT2D eigenvalue weighted by Crippen LogP contribution is 2.09. The van der Waals surface area contributed by atoms with Crippen LogP contribution in [-0.2, 0) is 0 Å². The summed E-state index contributed by atoms with van der Waals surface area (Å²) < 4.78 is 0. The van der Waals surface area contributed by atoms with E-state index in [9.17, 15) is 4.79 Å². The zero-order valence-corrected chi connectivity index (χ0v) is 11.4. The van der Waals surface area contributed by atoms with E-state index >= 15 is 0 Å². The number of aromatic nitrogens is 2. The van der Waals surface area contributed by atoms with Crippen molar-refractivity contribution >= 4 is 21.7 Å². The lowest BCUT2D eigenvalue weighted by atomic mass is 10.2. The molecule has 3 nitrogen and oxygen atoms in total. The molecule has 0 bridgehead atoms. The second-order valence-electron chi connectivity index (χ2n) is 4.63. The Hall–Kier alpha value is -2.94. The number of rotatable bonds is 0. The van der Waals surface area contributed by atoms with E-state index in [4.69, 9.17) is 0 Å². The second-order valence-corrected chi connectivity index (χ2v) is 4.63. The van der Waals surface area contributed by atoms with E-state index in [1.165, 1.54) is 16.8 Å². The first-order chi connectivity index (χ1) is 10.3. The highest BCUT2D eigenvalue weighted by Gasteiger charge is 1.89. The number of benzene rings is 2. The lowest BCUT2D eigenvalue weighted by molar-refractivity contribution is 1.31. The third-order valence-corrected chi connectivity index (χ3v) is 3.18. The molecule has 4 rings (SSSR count). The first-order valence-electron chi connectivity index (χ1n) is 6.70. The highest BCUT2D eigenvalue weighted by molar-refractivity contribution is 5.81. The lowest BCUT2D eigenvalue weighted by Gasteiger charge is -1.93. The molecule has 0 aliphatic rings. The molecule has 0 aliphatic heterocycles. The van der Waals surface area contributed by atoms with E-state index in [-0.39, 0.29) is 5.56 Å². The van der Waals surface area contributed by atoms with Crippen LogP contribution in [0.3, 0.4) is 0 Å². The Labute approximate surface area is 121 Å². The Morgan fingerprint density at radius 2 is 1.43 bits per heavy atom. The van der Waals surface area contributed by atoms with Gasteiger partial charge in [0.15, 0.2) is 0 Å². The van der Waals surface area contributed by atoms with Gasteiger partial charge in [0.1, 0.15) is 0 Å². The van der Waals surface area contributed by atoms with Crippen molar-refractivity contribution in [3.8, 4) is 0 Å². The molecule has 0 spiro atoms. The molecule has 3 heteroatoms. The van der Waals surface area contributed by atoms with Crippen LogP contribution in [0.15, 0.2) is 83.9 Å². The van der Waals surface area contributed by atoms with Crippen molar-refractivity contribution in [3.05, 3.63) is 89.5 Å². The van der Waals surface area contributed by atoms with Gasteiger partial charge in [0, 0.05) is 24.0 Å². The van der Waals surface area contributed by atoms with E-state index in [0.717, 1.165) is 10.9 Å².